The van der Waals surface area contributed by atoms with Gasteiger partial charge in [0.1, 0.15) is 6.10 Å². The van der Waals surface area contributed by atoms with E-state index in [-0.39, 0.29) is 0 Å². The molecule has 1 aromatic rings. The number of carbonyl (C=O) groups excluding carboxylic acids is 1. The molecule has 1 saturated heterocycles. The summed E-state index contributed by atoms with van der Waals surface area (Å²) in [4.78, 5) is 13.8. The van der Waals surface area contributed by atoms with E-state index in [4.69, 9.17) is 4.74 Å². The monoisotopic (exact) mass is 259 g/mol. The molecule has 98 valence electrons. The molecule has 1 aliphatic heterocycles. The molecular formula is C12H12F3NO2. The number of carbonyl (C=O) groups is 1. The van der Waals surface area contributed by atoms with Crippen LogP contribution in [-0.4, -0.2) is 43.5 Å². The molecule has 2 rings (SSSR count). The van der Waals surface area contributed by atoms with Gasteiger partial charge in [0.2, 0.25) is 0 Å². The first kappa shape index (κ1) is 13.0. The fourth-order valence-electron chi connectivity index (χ4n) is 1.83. The summed E-state index contributed by atoms with van der Waals surface area (Å²) in [6, 6.07) is 1.67. The average molecular weight is 259 g/mol. The molecule has 0 spiro atoms. The van der Waals surface area contributed by atoms with Gasteiger partial charge in [-0.3, -0.25) is 4.79 Å². The quantitative estimate of drug-likeness (QED) is 0.597. The molecule has 0 aromatic heterocycles. The molecule has 0 bridgehead atoms. The maximum atomic E-state index is 13.5. The minimum Gasteiger partial charge on any atom is -0.367 e. The normalized spacial score (nSPS) is 21.0. The molecule has 3 nitrogen and oxygen atoms in total. The van der Waals surface area contributed by atoms with Crippen molar-refractivity contribution in [2.24, 2.45) is 0 Å². The Labute approximate surface area is 102 Å². The van der Waals surface area contributed by atoms with Crippen molar-refractivity contribution < 1.29 is 22.7 Å². The van der Waals surface area contributed by atoms with E-state index < -0.39 is 34.9 Å². The van der Waals surface area contributed by atoms with Crippen LogP contribution in [0.15, 0.2) is 12.1 Å². The Morgan fingerprint density at radius 1 is 1.33 bits per heavy atom. The predicted molar refractivity (Wildman–Crippen MR) is 57.9 cm³/mol. The summed E-state index contributed by atoms with van der Waals surface area (Å²) in [6.07, 6.45) is -0.844. The predicted octanol–water partition coefficient (Wildman–Crippen LogP) is 1.62. The van der Waals surface area contributed by atoms with Gasteiger partial charge in [-0.1, -0.05) is 0 Å². The van der Waals surface area contributed by atoms with Crippen molar-refractivity contribution in [3.63, 3.8) is 0 Å². The average Bonchev–Trinajstić information content (AvgIpc) is 2.35. The summed E-state index contributed by atoms with van der Waals surface area (Å²) in [7, 11) is 1.80. The van der Waals surface area contributed by atoms with E-state index in [9.17, 15) is 18.0 Å². The number of Topliss-reactive ketones (excluding diaryl/α,β-unsaturated/α-hetero) is 1. The van der Waals surface area contributed by atoms with Gasteiger partial charge in [-0.15, -0.1) is 0 Å². The van der Waals surface area contributed by atoms with Crippen LogP contribution in [0, 0.1) is 17.5 Å². The third kappa shape index (κ3) is 2.39. The number of rotatable bonds is 2. The zero-order valence-corrected chi connectivity index (χ0v) is 9.75. The molecule has 0 amide bonds. The summed E-state index contributed by atoms with van der Waals surface area (Å²) >= 11 is 0. The third-order valence-corrected chi connectivity index (χ3v) is 2.86. The zero-order chi connectivity index (χ0) is 13.3. The topological polar surface area (TPSA) is 29.5 Å². The SMILES string of the molecule is CN1CCOC(C(=O)c2ccc(F)c(F)c2F)C1. The number of hydrogen-bond acceptors (Lipinski definition) is 3. The van der Waals surface area contributed by atoms with Gasteiger partial charge in [0.05, 0.1) is 12.2 Å². The van der Waals surface area contributed by atoms with Gasteiger partial charge in [-0.2, -0.15) is 0 Å². The molecule has 1 unspecified atom stereocenters. The Balaban J connectivity index is 2.26. The Hall–Kier alpha value is -1.40. The van der Waals surface area contributed by atoms with Crippen molar-refractivity contribution in [2.75, 3.05) is 26.7 Å². The Morgan fingerprint density at radius 2 is 2.06 bits per heavy atom. The molecule has 0 aliphatic carbocycles. The smallest absolute Gasteiger partial charge is 0.195 e. The summed E-state index contributed by atoms with van der Waals surface area (Å²) < 4.78 is 44.5. The van der Waals surface area contributed by atoms with Crippen molar-refractivity contribution in [1.29, 1.82) is 0 Å². The van der Waals surface area contributed by atoms with Crippen LogP contribution in [0.2, 0.25) is 0 Å². The Bertz CT molecular complexity index is 479. The highest BCUT2D eigenvalue weighted by Gasteiger charge is 2.29. The third-order valence-electron chi connectivity index (χ3n) is 2.86. The van der Waals surface area contributed by atoms with Crippen LogP contribution < -0.4 is 0 Å². The Morgan fingerprint density at radius 3 is 2.72 bits per heavy atom. The number of halogens is 3. The molecule has 0 radical (unpaired) electrons. The maximum Gasteiger partial charge on any atom is 0.195 e. The number of ether oxygens (including phenoxy) is 1. The van der Waals surface area contributed by atoms with E-state index in [2.05, 4.69) is 0 Å². The fraction of sp³-hybridized carbons (Fsp3) is 0.417. The number of benzene rings is 1. The van der Waals surface area contributed by atoms with Gasteiger partial charge in [0.15, 0.2) is 23.2 Å². The molecule has 1 heterocycles. The van der Waals surface area contributed by atoms with Gasteiger partial charge in [0, 0.05) is 13.1 Å². The van der Waals surface area contributed by atoms with Gasteiger partial charge < -0.3 is 9.64 Å². The number of hydrogen-bond donors (Lipinski definition) is 0. The van der Waals surface area contributed by atoms with Crippen molar-refractivity contribution in [1.82, 2.24) is 4.90 Å². The molecule has 1 atom stereocenters. The minimum atomic E-state index is -1.63. The van der Waals surface area contributed by atoms with Crippen molar-refractivity contribution in [3.8, 4) is 0 Å². The van der Waals surface area contributed by atoms with Crippen molar-refractivity contribution in [3.05, 3.63) is 35.1 Å². The molecule has 0 N–H and O–H groups in total. The largest absolute Gasteiger partial charge is 0.367 e. The number of ketones is 1. The fourth-order valence-corrected chi connectivity index (χ4v) is 1.83. The number of morpholine rings is 1. The van der Waals surface area contributed by atoms with Gasteiger partial charge in [0.25, 0.3) is 0 Å². The second-order valence-electron chi connectivity index (χ2n) is 4.21. The molecule has 1 aliphatic rings. The first-order valence-electron chi connectivity index (χ1n) is 5.48. The summed E-state index contributed by atoms with van der Waals surface area (Å²) in [5.41, 5.74) is -0.478. The highest BCUT2D eigenvalue weighted by atomic mass is 19.2. The molecule has 0 saturated carbocycles. The van der Waals surface area contributed by atoms with Crippen LogP contribution in [0.3, 0.4) is 0 Å². The van der Waals surface area contributed by atoms with E-state index in [1.54, 1.807) is 7.05 Å². The van der Waals surface area contributed by atoms with Crippen LogP contribution in [0.1, 0.15) is 10.4 Å². The zero-order valence-electron chi connectivity index (χ0n) is 9.75. The molecule has 18 heavy (non-hydrogen) atoms. The van der Waals surface area contributed by atoms with Crippen LogP contribution >= 0.6 is 0 Å². The van der Waals surface area contributed by atoms with E-state index in [0.29, 0.717) is 19.7 Å². The van der Waals surface area contributed by atoms with Crippen molar-refractivity contribution in [2.45, 2.75) is 6.10 Å². The number of likely N-dealkylation sites (N-methyl/N-ethyl adjacent to an activating group) is 1. The first-order valence-corrected chi connectivity index (χ1v) is 5.48. The summed E-state index contributed by atoms with van der Waals surface area (Å²) in [5.74, 6) is -5.08. The molecule has 6 heteroatoms. The molecule has 1 fully saturated rings. The van der Waals surface area contributed by atoms with E-state index >= 15 is 0 Å². The first-order chi connectivity index (χ1) is 8.50. The van der Waals surface area contributed by atoms with Gasteiger partial charge in [-0.05, 0) is 19.2 Å². The highest BCUT2D eigenvalue weighted by molar-refractivity contribution is 6.00. The van der Waals surface area contributed by atoms with E-state index in [0.717, 1.165) is 12.1 Å². The standard InChI is InChI=1S/C12H12F3NO2/c1-16-4-5-18-9(6-16)12(17)7-2-3-8(13)11(15)10(7)14/h2-3,9H,4-6H2,1H3. The molecule has 1 aromatic carbocycles. The second-order valence-corrected chi connectivity index (χ2v) is 4.21. The molecular weight excluding hydrogens is 247 g/mol. The van der Waals surface area contributed by atoms with Crippen LogP contribution in [0.4, 0.5) is 13.2 Å². The number of nitrogens with zero attached hydrogens (tertiary/aromatic N) is 1. The summed E-state index contributed by atoms with van der Waals surface area (Å²) in [5, 5.41) is 0. The van der Waals surface area contributed by atoms with Crippen LogP contribution in [0.5, 0.6) is 0 Å². The second kappa shape index (κ2) is 5.07. The lowest BCUT2D eigenvalue weighted by molar-refractivity contribution is -0.00887. The lowest BCUT2D eigenvalue weighted by Crippen LogP contribution is -2.44. The minimum absolute atomic E-state index is 0.303. The van der Waals surface area contributed by atoms with Crippen LogP contribution in [-0.2, 0) is 4.74 Å². The van der Waals surface area contributed by atoms with E-state index in [1.807, 2.05) is 4.90 Å². The maximum absolute atomic E-state index is 13.5. The summed E-state index contributed by atoms with van der Waals surface area (Å²) in [6.45, 7) is 1.32. The van der Waals surface area contributed by atoms with Gasteiger partial charge in [-0.25, -0.2) is 13.2 Å². The van der Waals surface area contributed by atoms with Crippen LogP contribution in [0.25, 0.3) is 0 Å². The Kier molecular flexibility index (Phi) is 3.68. The van der Waals surface area contributed by atoms with Gasteiger partial charge >= 0.3 is 0 Å². The van der Waals surface area contributed by atoms with E-state index in [1.165, 1.54) is 0 Å². The highest BCUT2D eigenvalue weighted by Crippen LogP contribution is 2.18. The lowest BCUT2D eigenvalue weighted by atomic mass is 10.0. The lowest BCUT2D eigenvalue weighted by Gasteiger charge is -2.29. The van der Waals surface area contributed by atoms with Crippen molar-refractivity contribution >= 4 is 5.78 Å².